The molecule has 1 aromatic carbocycles. The van der Waals surface area contributed by atoms with E-state index in [1.807, 2.05) is 20.8 Å². The van der Waals surface area contributed by atoms with Gasteiger partial charge >= 0.3 is 0 Å². The molecule has 0 bridgehead atoms. The minimum atomic E-state index is -0.484. The first kappa shape index (κ1) is 14.2. The van der Waals surface area contributed by atoms with Crippen molar-refractivity contribution in [1.82, 2.24) is 10.6 Å². The summed E-state index contributed by atoms with van der Waals surface area (Å²) in [5.41, 5.74) is -0.153. The number of halogens is 1. The van der Waals surface area contributed by atoms with Crippen molar-refractivity contribution in [1.29, 1.82) is 0 Å². The summed E-state index contributed by atoms with van der Waals surface area (Å²) in [6, 6.07) is 5.31. The third kappa shape index (κ3) is 4.95. The minimum Gasteiger partial charge on any atom is -0.350 e. The van der Waals surface area contributed by atoms with Crippen LogP contribution in [0.25, 0.3) is 0 Å². The Hall–Kier alpha value is -1.91. The van der Waals surface area contributed by atoms with Gasteiger partial charge in [0.25, 0.3) is 5.91 Å². The van der Waals surface area contributed by atoms with E-state index < -0.39 is 11.7 Å². The van der Waals surface area contributed by atoms with E-state index in [-0.39, 0.29) is 23.6 Å². The second kappa shape index (κ2) is 5.62. The fourth-order valence-electron chi connectivity index (χ4n) is 1.35. The molecule has 0 spiro atoms. The SMILES string of the molecule is CC(C)(C)NC(=O)CNC(=O)c1cccc(F)c1. The van der Waals surface area contributed by atoms with Crippen LogP contribution >= 0.6 is 0 Å². The molecular weight excluding hydrogens is 235 g/mol. The fraction of sp³-hybridized carbons (Fsp3) is 0.385. The van der Waals surface area contributed by atoms with Gasteiger partial charge in [0.2, 0.25) is 5.91 Å². The maximum absolute atomic E-state index is 12.9. The normalized spacial score (nSPS) is 10.9. The first-order valence-corrected chi connectivity index (χ1v) is 5.63. The topological polar surface area (TPSA) is 58.2 Å². The van der Waals surface area contributed by atoms with Gasteiger partial charge in [-0.05, 0) is 39.0 Å². The first-order valence-electron chi connectivity index (χ1n) is 5.63. The third-order valence-electron chi connectivity index (χ3n) is 2.01. The van der Waals surface area contributed by atoms with Crippen molar-refractivity contribution in [2.75, 3.05) is 6.54 Å². The summed E-state index contributed by atoms with van der Waals surface area (Å²) >= 11 is 0. The van der Waals surface area contributed by atoms with Crippen LogP contribution in [0.15, 0.2) is 24.3 Å². The highest BCUT2D eigenvalue weighted by atomic mass is 19.1. The average Bonchev–Trinajstić information content (AvgIpc) is 2.23. The van der Waals surface area contributed by atoms with Crippen LogP contribution in [0.5, 0.6) is 0 Å². The average molecular weight is 252 g/mol. The first-order chi connectivity index (χ1) is 8.28. The predicted molar refractivity (Wildman–Crippen MR) is 66.6 cm³/mol. The molecule has 0 saturated heterocycles. The van der Waals surface area contributed by atoms with Gasteiger partial charge in [-0.3, -0.25) is 9.59 Å². The molecule has 0 unspecified atom stereocenters. The zero-order valence-electron chi connectivity index (χ0n) is 10.7. The van der Waals surface area contributed by atoms with Crippen LogP contribution in [0.2, 0.25) is 0 Å². The number of benzene rings is 1. The second-order valence-corrected chi connectivity index (χ2v) is 4.99. The molecule has 0 aliphatic heterocycles. The number of hydrogen-bond donors (Lipinski definition) is 2. The van der Waals surface area contributed by atoms with Crippen LogP contribution in [0.3, 0.4) is 0 Å². The lowest BCUT2D eigenvalue weighted by molar-refractivity contribution is -0.121. The summed E-state index contributed by atoms with van der Waals surface area (Å²) < 4.78 is 12.9. The Morgan fingerprint density at radius 3 is 2.50 bits per heavy atom. The molecule has 18 heavy (non-hydrogen) atoms. The zero-order valence-corrected chi connectivity index (χ0v) is 10.7. The van der Waals surface area contributed by atoms with Gasteiger partial charge in [-0.15, -0.1) is 0 Å². The van der Waals surface area contributed by atoms with Crippen LogP contribution in [0.4, 0.5) is 4.39 Å². The van der Waals surface area contributed by atoms with Gasteiger partial charge in [0.05, 0.1) is 6.54 Å². The van der Waals surface area contributed by atoms with E-state index in [0.717, 1.165) is 6.07 Å². The van der Waals surface area contributed by atoms with Crippen molar-refractivity contribution in [3.05, 3.63) is 35.6 Å². The van der Waals surface area contributed by atoms with Gasteiger partial charge in [0.1, 0.15) is 5.82 Å². The van der Waals surface area contributed by atoms with Gasteiger partial charge in [0, 0.05) is 11.1 Å². The van der Waals surface area contributed by atoms with Crippen LogP contribution in [-0.4, -0.2) is 23.9 Å². The fourth-order valence-corrected chi connectivity index (χ4v) is 1.35. The highest BCUT2D eigenvalue weighted by Crippen LogP contribution is 2.03. The number of amides is 2. The molecule has 1 aromatic rings. The Balaban J connectivity index is 2.49. The molecule has 0 atom stereocenters. The van der Waals surface area contributed by atoms with Crippen LogP contribution in [-0.2, 0) is 4.79 Å². The highest BCUT2D eigenvalue weighted by Gasteiger charge is 2.14. The summed E-state index contributed by atoms with van der Waals surface area (Å²) in [6.45, 7) is 5.41. The van der Waals surface area contributed by atoms with Crippen molar-refractivity contribution < 1.29 is 14.0 Å². The lowest BCUT2D eigenvalue weighted by Gasteiger charge is -2.20. The lowest BCUT2D eigenvalue weighted by atomic mass is 10.1. The molecule has 98 valence electrons. The highest BCUT2D eigenvalue weighted by molar-refractivity contribution is 5.96. The molecule has 5 heteroatoms. The van der Waals surface area contributed by atoms with Gasteiger partial charge in [-0.25, -0.2) is 4.39 Å². The number of nitrogens with one attached hydrogen (secondary N) is 2. The maximum atomic E-state index is 12.9. The zero-order chi connectivity index (χ0) is 13.8. The van der Waals surface area contributed by atoms with Crippen LogP contribution in [0, 0.1) is 5.82 Å². The molecule has 0 heterocycles. The molecule has 0 fully saturated rings. The smallest absolute Gasteiger partial charge is 0.251 e. The van der Waals surface area contributed by atoms with E-state index >= 15 is 0 Å². The summed E-state index contributed by atoms with van der Waals surface area (Å²) in [7, 11) is 0. The summed E-state index contributed by atoms with van der Waals surface area (Å²) in [4.78, 5) is 23.1. The van der Waals surface area contributed by atoms with E-state index in [9.17, 15) is 14.0 Å². The predicted octanol–water partition coefficient (Wildman–Crippen LogP) is 1.47. The van der Waals surface area contributed by atoms with Gasteiger partial charge in [-0.2, -0.15) is 0 Å². The van der Waals surface area contributed by atoms with Crippen LogP contribution < -0.4 is 10.6 Å². The standard InChI is InChI=1S/C13H17FN2O2/c1-13(2,3)16-11(17)8-15-12(18)9-5-4-6-10(14)7-9/h4-7H,8H2,1-3H3,(H,15,18)(H,16,17). The number of carbonyl (C=O) groups excluding carboxylic acids is 2. The molecule has 4 nitrogen and oxygen atoms in total. The Kier molecular flexibility index (Phi) is 4.42. The molecule has 0 radical (unpaired) electrons. The Bertz CT molecular complexity index is 453. The number of rotatable bonds is 3. The van der Waals surface area contributed by atoms with Crippen molar-refractivity contribution in [2.45, 2.75) is 26.3 Å². The Morgan fingerprint density at radius 2 is 1.94 bits per heavy atom. The largest absolute Gasteiger partial charge is 0.350 e. The molecule has 2 amide bonds. The molecule has 1 rings (SSSR count). The number of carbonyl (C=O) groups is 2. The van der Waals surface area contributed by atoms with E-state index in [2.05, 4.69) is 10.6 Å². The molecule has 2 N–H and O–H groups in total. The van der Waals surface area contributed by atoms with Crippen molar-refractivity contribution in [3.8, 4) is 0 Å². The van der Waals surface area contributed by atoms with Gasteiger partial charge in [-0.1, -0.05) is 6.07 Å². The van der Waals surface area contributed by atoms with E-state index in [4.69, 9.17) is 0 Å². The minimum absolute atomic E-state index is 0.132. The Labute approximate surface area is 106 Å². The third-order valence-corrected chi connectivity index (χ3v) is 2.01. The van der Waals surface area contributed by atoms with E-state index in [0.29, 0.717) is 0 Å². The summed E-state index contributed by atoms with van der Waals surface area (Å²) in [5, 5.41) is 5.14. The van der Waals surface area contributed by atoms with Crippen molar-refractivity contribution >= 4 is 11.8 Å². The van der Waals surface area contributed by atoms with Crippen molar-refractivity contribution in [3.63, 3.8) is 0 Å². The molecule has 0 aliphatic carbocycles. The monoisotopic (exact) mass is 252 g/mol. The molecule has 0 saturated carbocycles. The summed E-state index contributed by atoms with van der Waals surface area (Å²) in [6.07, 6.45) is 0. The Morgan fingerprint density at radius 1 is 1.28 bits per heavy atom. The summed E-state index contributed by atoms with van der Waals surface area (Å²) in [5.74, 6) is -1.24. The van der Waals surface area contributed by atoms with Gasteiger partial charge < -0.3 is 10.6 Å². The van der Waals surface area contributed by atoms with E-state index in [1.54, 1.807) is 0 Å². The van der Waals surface area contributed by atoms with Crippen molar-refractivity contribution in [2.24, 2.45) is 0 Å². The van der Waals surface area contributed by atoms with Crippen LogP contribution in [0.1, 0.15) is 31.1 Å². The molecule has 0 aliphatic rings. The molecular formula is C13H17FN2O2. The number of hydrogen-bond acceptors (Lipinski definition) is 2. The second-order valence-electron chi connectivity index (χ2n) is 4.99. The van der Waals surface area contributed by atoms with E-state index in [1.165, 1.54) is 18.2 Å². The van der Waals surface area contributed by atoms with Gasteiger partial charge in [0.15, 0.2) is 0 Å². The molecule has 0 aromatic heterocycles. The quantitative estimate of drug-likeness (QED) is 0.856. The lowest BCUT2D eigenvalue weighted by Crippen LogP contribution is -2.45. The maximum Gasteiger partial charge on any atom is 0.251 e.